The Balaban J connectivity index is 2.05. The largest absolute Gasteiger partial charge is 0.373 e. The lowest BCUT2D eigenvalue weighted by atomic mass is 10.0. The van der Waals surface area contributed by atoms with Crippen LogP contribution < -0.4 is 5.73 Å². The normalized spacial score (nSPS) is 29.0. The molecule has 1 aromatic rings. The molecule has 1 heterocycles. The first-order chi connectivity index (χ1) is 6.77. The highest BCUT2D eigenvalue weighted by atomic mass is 16.5. The first-order valence-corrected chi connectivity index (χ1v) is 5.23. The maximum atomic E-state index is 6.14. The fourth-order valence-electron chi connectivity index (χ4n) is 1.99. The Kier molecular flexibility index (Phi) is 2.85. The summed E-state index contributed by atoms with van der Waals surface area (Å²) in [5.41, 5.74) is 7.31. The number of rotatable bonds is 2. The fraction of sp³-hybridized carbons (Fsp3) is 0.500. The van der Waals surface area contributed by atoms with Gasteiger partial charge in [-0.2, -0.15) is 0 Å². The summed E-state index contributed by atoms with van der Waals surface area (Å²) in [6.07, 6.45) is 2.78. The van der Waals surface area contributed by atoms with Crippen LogP contribution in [0.15, 0.2) is 30.3 Å². The topological polar surface area (TPSA) is 35.2 Å². The molecule has 1 aromatic carbocycles. The zero-order chi connectivity index (χ0) is 9.97. The Morgan fingerprint density at radius 1 is 1.29 bits per heavy atom. The number of nitrogens with two attached hydrogens (primary N) is 1. The molecule has 1 fully saturated rings. The van der Waals surface area contributed by atoms with Gasteiger partial charge >= 0.3 is 0 Å². The maximum absolute atomic E-state index is 6.14. The molecule has 0 aliphatic carbocycles. The molecular weight excluding hydrogens is 174 g/mol. The molecular formula is C12H17NO. The van der Waals surface area contributed by atoms with Crippen molar-refractivity contribution in [2.45, 2.75) is 38.0 Å². The Morgan fingerprint density at radius 3 is 2.57 bits per heavy atom. The molecule has 3 unspecified atom stereocenters. The van der Waals surface area contributed by atoms with Crippen molar-refractivity contribution in [3.63, 3.8) is 0 Å². The molecule has 1 aliphatic heterocycles. The van der Waals surface area contributed by atoms with E-state index in [4.69, 9.17) is 10.5 Å². The summed E-state index contributed by atoms with van der Waals surface area (Å²) in [5, 5.41) is 0. The summed E-state index contributed by atoms with van der Waals surface area (Å²) in [7, 11) is 0. The summed E-state index contributed by atoms with van der Waals surface area (Å²) in [6.45, 7) is 2.11. The van der Waals surface area contributed by atoms with Crippen LogP contribution in [0.3, 0.4) is 0 Å². The van der Waals surface area contributed by atoms with Crippen LogP contribution >= 0.6 is 0 Å². The van der Waals surface area contributed by atoms with Crippen LogP contribution in [-0.2, 0) is 4.74 Å². The van der Waals surface area contributed by atoms with Crippen LogP contribution in [0.25, 0.3) is 0 Å². The molecule has 1 aliphatic rings. The molecule has 1 saturated heterocycles. The van der Waals surface area contributed by atoms with Gasteiger partial charge in [-0.25, -0.2) is 0 Å². The minimum Gasteiger partial charge on any atom is -0.373 e. The standard InChI is InChI=1S/C12H17NO/c1-9-7-8-11(14-9)12(13)10-5-3-2-4-6-10/h2-6,9,11-12H,7-8,13H2,1H3. The van der Waals surface area contributed by atoms with Crippen molar-refractivity contribution >= 4 is 0 Å². The Bertz CT molecular complexity index is 286. The Labute approximate surface area is 85.1 Å². The Hall–Kier alpha value is -0.860. The van der Waals surface area contributed by atoms with Crippen molar-refractivity contribution in [1.82, 2.24) is 0 Å². The van der Waals surface area contributed by atoms with Gasteiger partial charge in [-0.15, -0.1) is 0 Å². The summed E-state index contributed by atoms with van der Waals surface area (Å²) in [5.74, 6) is 0. The van der Waals surface area contributed by atoms with Crippen LogP contribution in [0.2, 0.25) is 0 Å². The molecule has 14 heavy (non-hydrogen) atoms. The lowest BCUT2D eigenvalue weighted by Crippen LogP contribution is -2.26. The molecule has 3 atom stereocenters. The minimum atomic E-state index is 0.0288. The van der Waals surface area contributed by atoms with Gasteiger partial charge in [-0.3, -0.25) is 0 Å². The van der Waals surface area contributed by atoms with Gasteiger partial charge in [0, 0.05) is 0 Å². The molecule has 2 N–H and O–H groups in total. The van der Waals surface area contributed by atoms with Crippen molar-refractivity contribution in [2.24, 2.45) is 5.73 Å². The molecule has 2 heteroatoms. The van der Waals surface area contributed by atoms with E-state index in [9.17, 15) is 0 Å². The van der Waals surface area contributed by atoms with E-state index in [0.717, 1.165) is 12.8 Å². The summed E-state index contributed by atoms with van der Waals surface area (Å²) in [6, 6.07) is 10.2. The predicted molar refractivity (Wildman–Crippen MR) is 56.9 cm³/mol. The van der Waals surface area contributed by atoms with Gasteiger partial charge in [0.05, 0.1) is 18.2 Å². The SMILES string of the molecule is CC1CCC(C(N)c2ccccc2)O1. The highest BCUT2D eigenvalue weighted by Crippen LogP contribution is 2.28. The smallest absolute Gasteiger partial charge is 0.0772 e. The van der Waals surface area contributed by atoms with Gasteiger partial charge in [-0.05, 0) is 25.3 Å². The van der Waals surface area contributed by atoms with Crippen molar-refractivity contribution < 1.29 is 4.74 Å². The van der Waals surface area contributed by atoms with E-state index in [0.29, 0.717) is 6.10 Å². The van der Waals surface area contributed by atoms with Crippen LogP contribution in [0, 0.1) is 0 Å². The minimum absolute atomic E-state index is 0.0288. The third-order valence-corrected chi connectivity index (χ3v) is 2.85. The number of hydrogen-bond acceptors (Lipinski definition) is 2. The second kappa shape index (κ2) is 4.11. The molecule has 76 valence electrons. The zero-order valence-corrected chi connectivity index (χ0v) is 8.52. The quantitative estimate of drug-likeness (QED) is 0.778. The average molecular weight is 191 g/mol. The lowest BCUT2D eigenvalue weighted by molar-refractivity contribution is 0.0401. The van der Waals surface area contributed by atoms with Gasteiger partial charge < -0.3 is 10.5 Å². The predicted octanol–water partition coefficient (Wildman–Crippen LogP) is 2.25. The monoisotopic (exact) mass is 191 g/mol. The van der Waals surface area contributed by atoms with Crippen LogP contribution in [0.1, 0.15) is 31.4 Å². The van der Waals surface area contributed by atoms with E-state index in [1.165, 1.54) is 5.56 Å². The molecule has 0 bridgehead atoms. The van der Waals surface area contributed by atoms with E-state index in [1.807, 2.05) is 18.2 Å². The van der Waals surface area contributed by atoms with E-state index < -0.39 is 0 Å². The third-order valence-electron chi connectivity index (χ3n) is 2.85. The van der Waals surface area contributed by atoms with Crippen LogP contribution in [0.4, 0.5) is 0 Å². The zero-order valence-electron chi connectivity index (χ0n) is 8.52. The molecule has 2 rings (SSSR count). The van der Waals surface area contributed by atoms with E-state index in [-0.39, 0.29) is 12.1 Å². The highest BCUT2D eigenvalue weighted by molar-refractivity contribution is 5.19. The highest BCUT2D eigenvalue weighted by Gasteiger charge is 2.27. The van der Waals surface area contributed by atoms with Gasteiger partial charge in [0.1, 0.15) is 0 Å². The summed E-state index contributed by atoms with van der Waals surface area (Å²) in [4.78, 5) is 0. The van der Waals surface area contributed by atoms with Gasteiger partial charge in [0.15, 0.2) is 0 Å². The molecule has 0 aromatic heterocycles. The number of hydrogen-bond donors (Lipinski definition) is 1. The maximum Gasteiger partial charge on any atom is 0.0772 e. The molecule has 0 saturated carbocycles. The second-order valence-corrected chi connectivity index (χ2v) is 4.00. The molecule has 0 spiro atoms. The van der Waals surface area contributed by atoms with Crippen molar-refractivity contribution in [2.75, 3.05) is 0 Å². The first kappa shape index (κ1) is 9.69. The van der Waals surface area contributed by atoms with Gasteiger partial charge in [0.25, 0.3) is 0 Å². The van der Waals surface area contributed by atoms with Gasteiger partial charge in [-0.1, -0.05) is 30.3 Å². The van der Waals surface area contributed by atoms with E-state index in [2.05, 4.69) is 19.1 Å². The average Bonchev–Trinajstić information content (AvgIpc) is 2.65. The molecule has 2 nitrogen and oxygen atoms in total. The Morgan fingerprint density at radius 2 is 2.00 bits per heavy atom. The molecule has 0 radical (unpaired) electrons. The third kappa shape index (κ3) is 1.97. The van der Waals surface area contributed by atoms with Gasteiger partial charge in [0.2, 0.25) is 0 Å². The van der Waals surface area contributed by atoms with Crippen molar-refractivity contribution in [3.05, 3.63) is 35.9 Å². The van der Waals surface area contributed by atoms with Crippen molar-refractivity contribution in [1.29, 1.82) is 0 Å². The van der Waals surface area contributed by atoms with Crippen LogP contribution in [-0.4, -0.2) is 12.2 Å². The van der Waals surface area contributed by atoms with E-state index >= 15 is 0 Å². The second-order valence-electron chi connectivity index (χ2n) is 4.00. The lowest BCUT2D eigenvalue weighted by Gasteiger charge is -2.19. The van der Waals surface area contributed by atoms with Crippen LogP contribution in [0.5, 0.6) is 0 Å². The summed E-state index contributed by atoms with van der Waals surface area (Å²) >= 11 is 0. The van der Waals surface area contributed by atoms with Crippen molar-refractivity contribution in [3.8, 4) is 0 Å². The molecule has 0 amide bonds. The number of benzene rings is 1. The first-order valence-electron chi connectivity index (χ1n) is 5.23. The number of ether oxygens (including phenoxy) is 1. The fourth-order valence-corrected chi connectivity index (χ4v) is 1.99. The van der Waals surface area contributed by atoms with E-state index in [1.54, 1.807) is 0 Å². The summed E-state index contributed by atoms with van der Waals surface area (Å²) < 4.78 is 5.75.